The molecule has 4 nitrogen and oxygen atoms in total. The molecule has 0 aliphatic carbocycles. The van der Waals surface area contributed by atoms with Crippen molar-refractivity contribution in [3.05, 3.63) is 59.2 Å². The second kappa shape index (κ2) is 6.10. The molecule has 0 spiro atoms. The molecule has 0 saturated heterocycles. The summed E-state index contributed by atoms with van der Waals surface area (Å²) in [4.78, 5) is 0. The van der Waals surface area contributed by atoms with Crippen LogP contribution in [0.4, 0.5) is 0 Å². The van der Waals surface area contributed by atoms with Gasteiger partial charge in [-0.2, -0.15) is 0 Å². The Morgan fingerprint density at radius 2 is 1.75 bits per heavy atom. The highest BCUT2D eigenvalue weighted by Crippen LogP contribution is 2.33. The monoisotopic (exact) mass is 271 g/mol. The molecule has 0 atom stereocenters. The predicted molar refractivity (Wildman–Crippen MR) is 77.6 cm³/mol. The van der Waals surface area contributed by atoms with Crippen LogP contribution < -0.4 is 0 Å². The molecule has 4 heteroatoms. The van der Waals surface area contributed by atoms with Gasteiger partial charge in [-0.3, -0.25) is 0 Å². The highest BCUT2D eigenvalue weighted by Gasteiger charge is 2.17. The van der Waals surface area contributed by atoms with Crippen molar-refractivity contribution < 1.29 is 15.4 Å². The van der Waals surface area contributed by atoms with Crippen LogP contribution in [0.5, 0.6) is 11.5 Å². The number of hydrogen-bond donors (Lipinski definition) is 3. The Bertz CT molecular complexity index is 621. The molecule has 0 amide bonds. The van der Waals surface area contributed by atoms with E-state index < -0.39 is 0 Å². The summed E-state index contributed by atoms with van der Waals surface area (Å²) >= 11 is 0. The number of rotatable bonds is 4. The van der Waals surface area contributed by atoms with Crippen molar-refractivity contribution in [3.8, 4) is 11.5 Å². The topological polar surface area (TPSA) is 73.1 Å². The molecule has 0 aromatic heterocycles. The van der Waals surface area contributed by atoms with Crippen LogP contribution in [0.15, 0.2) is 47.6 Å². The third-order valence-electron chi connectivity index (χ3n) is 3.16. The quantitative estimate of drug-likeness (QED) is 0.454. The van der Waals surface area contributed by atoms with Crippen molar-refractivity contribution in [2.45, 2.75) is 19.8 Å². The minimum Gasteiger partial charge on any atom is -0.508 e. The molecule has 0 heterocycles. The second-order valence-electron chi connectivity index (χ2n) is 4.52. The molecule has 0 saturated carbocycles. The van der Waals surface area contributed by atoms with Gasteiger partial charge in [0.05, 0.1) is 0 Å². The third kappa shape index (κ3) is 2.59. The number of hydrogen-bond acceptors (Lipinski definition) is 4. The van der Waals surface area contributed by atoms with Crippen LogP contribution in [0.2, 0.25) is 0 Å². The van der Waals surface area contributed by atoms with Crippen LogP contribution in [0.3, 0.4) is 0 Å². The van der Waals surface area contributed by atoms with E-state index in [-0.39, 0.29) is 17.2 Å². The zero-order chi connectivity index (χ0) is 14.5. The molecule has 0 bridgehead atoms. The average molecular weight is 271 g/mol. The van der Waals surface area contributed by atoms with Crippen molar-refractivity contribution in [1.29, 1.82) is 0 Å². The minimum absolute atomic E-state index is 0.0384. The van der Waals surface area contributed by atoms with Gasteiger partial charge in [0.25, 0.3) is 0 Å². The summed E-state index contributed by atoms with van der Waals surface area (Å²) in [6.45, 7) is 1.96. The first-order chi connectivity index (χ1) is 9.69. The van der Waals surface area contributed by atoms with Gasteiger partial charge in [-0.15, -0.1) is 0 Å². The fourth-order valence-electron chi connectivity index (χ4n) is 2.18. The fourth-order valence-corrected chi connectivity index (χ4v) is 2.18. The van der Waals surface area contributed by atoms with Crippen LogP contribution in [-0.2, 0) is 6.42 Å². The van der Waals surface area contributed by atoms with E-state index in [1.165, 1.54) is 6.07 Å². The maximum atomic E-state index is 10.3. The van der Waals surface area contributed by atoms with Gasteiger partial charge in [-0.25, -0.2) is 0 Å². The zero-order valence-electron chi connectivity index (χ0n) is 11.2. The predicted octanol–water partition coefficient (Wildman–Crippen LogP) is 3.28. The van der Waals surface area contributed by atoms with Crippen molar-refractivity contribution in [2.24, 2.45) is 5.16 Å². The first-order valence-electron chi connectivity index (χ1n) is 6.50. The van der Waals surface area contributed by atoms with E-state index >= 15 is 0 Å². The van der Waals surface area contributed by atoms with Gasteiger partial charge in [0.2, 0.25) is 0 Å². The molecule has 2 aromatic rings. The minimum atomic E-state index is -0.0384. The van der Waals surface area contributed by atoms with Crippen molar-refractivity contribution in [3.63, 3.8) is 0 Å². The first kappa shape index (κ1) is 13.9. The van der Waals surface area contributed by atoms with Crippen LogP contribution in [0, 0.1) is 0 Å². The van der Waals surface area contributed by atoms with Crippen LogP contribution in [0.25, 0.3) is 0 Å². The van der Waals surface area contributed by atoms with Crippen LogP contribution in [0.1, 0.15) is 30.0 Å². The van der Waals surface area contributed by atoms with E-state index in [1.54, 1.807) is 18.2 Å². The van der Waals surface area contributed by atoms with E-state index in [1.807, 2.05) is 25.1 Å². The largest absolute Gasteiger partial charge is 0.508 e. The summed E-state index contributed by atoms with van der Waals surface area (Å²) in [5, 5.41) is 32.7. The van der Waals surface area contributed by atoms with E-state index in [2.05, 4.69) is 5.16 Å². The van der Waals surface area contributed by atoms with Crippen molar-refractivity contribution in [2.75, 3.05) is 0 Å². The number of oxime groups is 1. The summed E-state index contributed by atoms with van der Waals surface area (Å²) in [6.07, 6.45) is 1.35. The van der Waals surface area contributed by atoms with E-state index in [0.29, 0.717) is 23.1 Å². The lowest BCUT2D eigenvalue weighted by Gasteiger charge is -2.12. The number of aromatic hydroxyl groups is 2. The summed E-state index contributed by atoms with van der Waals surface area (Å²) in [5.41, 5.74) is 1.85. The molecular weight excluding hydrogens is 254 g/mol. The normalized spacial score (nSPS) is 11.6. The molecule has 0 fully saturated rings. The Balaban J connectivity index is 2.55. The lowest BCUT2D eigenvalue weighted by molar-refractivity contribution is 0.319. The van der Waals surface area contributed by atoms with E-state index in [9.17, 15) is 15.4 Å². The number of benzene rings is 2. The molecule has 0 radical (unpaired) electrons. The van der Waals surface area contributed by atoms with Crippen molar-refractivity contribution >= 4 is 5.71 Å². The number of phenolic OH excluding ortho intramolecular Hbond substituents is 2. The summed E-state index contributed by atoms with van der Waals surface area (Å²) in [5.74, 6) is 0.0157. The van der Waals surface area contributed by atoms with Gasteiger partial charge >= 0.3 is 0 Å². The summed E-state index contributed by atoms with van der Waals surface area (Å²) < 4.78 is 0. The smallest absolute Gasteiger partial charge is 0.132 e. The Kier molecular flexibility index (Phi) is 4.25. The highest BCUT2D eigenvalue weighted by molar-refractivity contribution is 6.14. The fraction of sp³-hybridized carbons (Fsp3) is 0.188. The van der Waals surface area contributed by atoms with Crippen LogP contribution >= 0.6 is 0 Å². The molecule has 20 heavy (non-hydrogen) atoms. The van der Waals surface area contributed by atoms with Crippen LogP contribution in [-0.4, -0.2) is 21.1 Å². The molecule has 0 aliphatic heterocycles. The molecule has 0 aliphatic rings. The van der Waals surface area contributed by atoms with Gasteiger partial charge in [-0.1, -0.05) is 48.8 Å². The summed E-state index contributed by atoms with van der Waals surface area (Å²) in [6, 6.07) is 12.1. The van der Waals surface area contributed by atoms with Gasteiger partial charge < -0.3 is 15.4 Å². The standard InChI is InChI=1S/C16H17NO3/c1-2-6-12-14(18)10-9-13(16(12)19)15(17-20)11-7-4-3-5-8-11/h3-5,7-10,18-20H,2,6H2,1H3/b17-15+. The van der Waals surface area contributed by atoms with Gasteiger partial charge in [-0.05, 0) is 18.6 Å². The average Bonchev–Trinajstić information content (AvgIpc) is 2.47. The van der Waals surface area contributed by atoms with Gasteiger partial charge in [0.1, 0.15) is 17.2 Å². The first-order valence-corrected chi connectivity index (χ1v) is 6.50. The van der Waals surface area contributed by atoms with Gasteiger partial charge in [0.15, 0.2) is 0 Å². The van der Waals surface area contributed by atoms with Gasteiger partial charge in [0, 0.05) is 16.7 Å². The molecule has 3 N–H and O–H groups in total. The third-order valence-corrected chi connectivity index (χ3v) is 3.16. The molecular formula is C16H17NO3. The zero-order valence-corrected chi connectivity index (χ0v) is 11.2. The molecule has 104 valence electrons. The molecule has 2 rings (SSSR count). The van der Waals surface area contributed by atoms with E-state index in [4.69, 9.17) is 0 Å². The Labute approximate surface area is 117 Å². The Morgan fingerprint density at radius 1 is 1.05 bits per heavy atom. The summed E-state index contributed by atoms with van der Waals surface area (Å²) in [7, 11) is 0. The van der Waals surface area contributed by atoms with Crippen molar-refractivity contribution in [1.82, 2.24) is 0 Å². The number of phenols is 2. The Morgan fingerprint density at radius 3 is 2.35 bits per heavy atom. The lowest BCUT2D eigenvalue weighted by atomic mass is 9.97. The Hall–Kier alpha value is -2.49. The maximum absolute atomic E-state index is 10.3. The number of nitrogens with zero attached hydrogens (tertiary/aromatic N) is 1. The molecule has 0 unspecified atom stereocenters. The SMILES string of the molecule is CCCc1c(O)ccc(/C(=N/O)c2ccccc2)c1O. The second-order valence-corrected chi connectivity index (χ2v) is 4.52. The highest BCUT2D eigenvalue weighted by atomic mass is 16.4. The maximum Gasteiger partial charge on any atom is 0.132 e. The lowest BCUT2D eigenvalue weighted by Crippen LogP contribution is -2.05. The van der Waals surface area contributed by atoms with E-state index in [0.717, 1.165) is 6.42 Å². The molecule has 2 aromatic carbocycles.